The lowest BCUT2D eigenvalue weighted by molar-refractivity contribution is -0.135. The maximum absolute atomic E-state index is 13.0. The van der Waals surface area contributed by atoms with E-state index in [4.69, 9.17) is 23.2 Å². The molecule has 0 spiro atoms. The van der Waals surface area contributed by atoms with Gasteiger partial charge in [0.2, 0.25) is 5.91 Å². The van der Waals surface area contributed by atoms with Crippen molar-refractivity contribution in [1.29, 1.82) is 0 Å². The maximum Gasteiger partial charge on any atom is 0.226 e. The van der Waals surface area contributed by atoms with Crippen LogP contribution in [0.1, 0.15) is 56.3 Å². The molecule has 1 amide bonds. The number of hydrogen-bond acceptors (Lipinski definition) is 2. The van der Waals surface area contributed by atoms with Crippen LogP contribution in [0.15, 0.2) is 61.2 Å². The Morgan fingerprint density at radius 1 is 1.23 bits per heavy atom. The van der Waals surface area contributed by atoms with Gasteiger partial charge in [-0.25, -0.2) is 0 Å². The number of aliphatic hydroxyl groups is 1. The molecular formula is C25H29Cl2NO2. The molecule has 0 aliphatic carbocycles. The molecule has 160 valence electrons. The molecule has 0 saturated carbocycles. The lowest BCUT2D eigenvalue weighted by Gasteiger charge is -2.45. The van der Waals surface area contributed by atoms with Crippen molar-refractivity contribution in [3.63, 3.8) is 0 Å². The highest BCUT2D eigenvalue weighted by molar-refractivity contribution is 6.30. The Bertz CT molecular complexity index is 898. The average Bonchev–Trinajstić information content (AvgIpc) is 2.70. The topological polar surface area (TPSA) is 49.3 Å². The van der Waals surface area contributed by atoms with Crippen LogP contribution >= 0.6 is 23.2 Å². The van der Waals surface area contributed by atoms with Crippen LogP contribution in [-0.2, 0) is 4.79 Å². The Labute approximate surface area is 189 Å². The maximum atomic E-state index is 13.0. The summed E-state index contributed by atoms with van der Waals surface area (Å²) in [6.45, 7) is 7.91. The summed E-state index contributed by atoms with van der Waals surface area (Å²) in [6.07, 6.45) is 3.03. The number of allylic oxidation sites excluding steroid dienone is 1. The third kappa shape index (κ3) is 5.08. The van der Waals surface area contributed by atoms with Gasteiger partial charge in [0.25, 0.3) is 0 Å². The van der Waals surface area contributed by atoms with E-state index in [0.717, 1.165) is 11.1 Å². The molecule has 1 unspecified atom stereocenters. The summed E-state index contributed by atoms with van der Waals surface area (Å²) in [5.41, 5.74) is 1.42. The smallest absolute Gasteiger partial charge is 0.226 e. The number of halogens is 2. The molecule has 1 aliphatic rings. The molecule has 3 nitrogen and oxygen atoms in total. The lowest BCUT2D eigenvalue weighted by atomic mass is 9.67. The summed E-state index contributed by atoms with van der Waals surface area (Å²) in [6, 6.07) is 15.0. The van der Waals surface area contributed by atoms with Gasteiger partial charge in [-0.3, -0.25) is 4.79 Å². The molecule has 3 rings (SSSR count). The summed E-state index contributed by atoms with van der Waals surface area (Å²) in [5.74, 6) is 0.189. The summed E-state index contributed by atoms with van der Waals surface area (Å²) in [4.78, 5) is 13.0. The summed E-state index contributed by atoms with van der Waals surface area (Å²) in [7, 11) is 0. The molecular weight excluding hydrogens is 417 g/mol. The van der Waals surface area contributed by atoms with Crippen molar-refractivity contribution in [2.24, 2.45) is 11.3 Å². The van der Waals surface area contributed by atoms with Gasteiger partial charge in [-0.1, -0.05) is 67.4 Å². The highest BCUT2D eigenvalue weighted by Gasteiger charge is 2.45. The van der Waals surface area contributed by atoms with E-state index in [1.54, 1.807) is 12.1 Å². The zero-order chi connectivity index (χ0) is 21.9. The summed E-state index contributed by atoms with van der Waals surface area (Å²) >= 11 is 12.2. The van der Waals surface area contributed by atoms with Gasteiger partial charge in [-0.05, 0) is 60.6 Å². The van der Waals surface area contributed by atoms with Crippen LogP contribution in [0, 0.1) is 11.3 Å². The molecule has 2 N–H and O–H groups in total. The Balaban J connectivity index is 1.86. The first kappa shape index (κ1) is 22.9. The molecule has 2 aromatic rings. The van der Waals surface area contributed by atoms with Gasteiger partial charge in [0.15, 0.2) is 0 Å². The van der Waals surface area contributed by atoms with Crippen molar-refractivity contribution in [2.75, 3.05) is 0 Å². The molecule has 1 aliphatic heterocycles. The van der Waals surface area contributed by atoms with Crippen molar-refractivity contribution >= 4 is 29.1 Å². The minimum absolute atomic E-state index is 0.0403. The first-order chi connectivity index (χ1) is 14.2. The predicted molar refractivity (Wildman–Crippen MR) is 124 cm³/mol. The number of rotatable bonds is 7. The number of benzene rings is 2. The van der Waals surface area contributed by atoms with E-state index in [0.29, 0.717) is 29.3 Å². The normalized spacial score (nSPS) is 26.0. The molecule has 1 fully saturated rings. The molecule has 0 aromatic heterocycles. The highest BCUT2D eigenvalue weighted by Crippen LogP contribution is 2.44. The van der Waals surface area contributed by atoms with Gasteiger partial charge in [0.05, 0.1) is 11.5 Å². The van der Waals surface area contributed by atoms with Gasteiger partial charge in [-0.2, -0.15) is 0 Å². The molecule has 30 heavy (non-hydrogen) atoms. The molecule has 0 radical (unpaired) electrons. The monoisotopic (exact) mass is 445 g/mol. The average molecular weight is 446 g/mol. The van der Waals surface area contributed by atoms with Gasteiger partial charge < -0.3 is 10.4 Å². The van der Waals surface area contributed by atoms with Crippen LogP contribution in [0.2, 0.25) is 10.0 Å². The summed E-state index contributed by atoms with van der Waals surface area (Å²) < 4.78 is 0. The van der Waals surface area contributed by atoms with Crippen molar-refractivity contribution in [3.05, 3.63) is 82.4 Å². The van der Waals surface area contributed by atoms with E-state index in [9.17, 15) is 9.90 Å². The Hall–Kier alpha value is -1.81. The molecule has 5 heteroatoms. The third-order valence-electron chi connectivity index (χ3n) is 6.28. The van der Waals surface area contributed by atoms with E-state index >= 15 is 0 Å². The highest BCUT2D eigenvalue weighted by atomic mass is 35.5. The second kappa shape index (κ2) is 9.55. The van der Waals surface area contributed by atoms with Crippen molar-refractivity contribution < 1.29 is 9.90 Å². The van der Waals surface area contributed by atoms with Crippen LogP contribution in [0.25, 0.3) is 0 Å². The predicted octanol–water partition coefficient (Wildman–Crippen LogP) is 6.31. The fourth-order valence-electron chi connectivity index (χ4n) is 4.55. The van der Waals surface area contributed by atoms with E-state index in [2.05, 4.69) is 24.9 Å². The van der Waals surface area contributed by atoms with Gasteiger partial charge >= 0.3 is 0 Å². The minimum Gasteiger partial charge on any atom is -0.388 e. The van der Waals surface area contributed by atoms with E-state index < -0.39 is 11.5 Å². The fraction of sp³-hybridized carbons (Fsp3) is 0.400. The first-order valence-corrected chi connectivity index (χ1v) is 11.1. The lowest BCUT2D eigenvalue weighted by Crippen LogP contribution is -2.55. The Morgan fingerprint density at radius 3 is 2.57 bits per heavy atom. The van der Waals surface area contributed by atoms with E-state index in [1.807, 2.05) is 43.3 Å². The minimum atomic E-state index is -0.629. The van der Waals surface area contributed by atoms with Crippen LogP contribution < -0.4 is 5.32 Å². The largest absolute Gasteiger partial charge is 0.388 e. The van der Waals surface area contributed by atoms with Crippen LogP contribution in [0.5, 0.6) is 0 Å². The SMILES string of the molecule is C=CC[C@@]1(C)C[C@H](c2cccc(Cl)c2)[C@H](C(C)C[C@@H](O)c2ccc(Cl)cc2)NC1=O. The van der Waals surface area contributed by atoms with Gasteiger partial charge in [0, 0.05) is 22.0 Å². The second-order valence-electron chi connectivity index (χ2n) is 8.70. The van der Waals surface area contributed by atoms with Crippen molar-refractivity contribution in [3.8, 4) is 0 Å². The summed E-state index contributed by atoms with van der Waals surface area (Å²) in [5, 5.41) is 15.4. The number of amides is 1. The molecule has 1 saturated heterocycles. The van der Waals surface area contributed by atoms with E-state index in [-0.39, 0.29) is 23.8 Å². The quantitative estimate of drug-likeness (QED) is 0.490. The number of piperidine rings is 1. The zero-order valence-electron chi connectivity index (χ0n) is 17.4. The van der Waals surface area contributed by atoms with Gasteiger partial charge in [-0.15, -0.1) is 6.58 Å². The van der Waals surface area contributed by atoms with Crippen LogP contribution in [-0.4, -0.2) is 17.1 Å². The number of aliphatic hydroxyl groups excluding tert-OH is 1. The third-order valence-corrected chi connectivity index (χ3v) is 6.77. The Morgan fingerprint density at radius 2 is 1.93 bits per heavy atom. The molecule has 5 atom stereocenters. The van der Waals surface area contributed by atoms with Crippen LogP contribution in [0.4, 0.5) is 0 Å². The molecule has 1 heterocycles. The fourth-order valence-corrected chi connectivity index (χ4v) is 4.87. The second-order valence-corrected chi connectivity index (χ2v) is 9.57. The number of nitrogens with one attached hydrogen (secondary N) is 1. The van der Waals surface area contributed by atoms with Crippen molar-refractivity contribution in [2.45, 2.75) is 51.2 Å². The van der Waals surface area contributed by atoms with Crippen LogP contribution in [0.3, 0.4) is 0 Å². The number of carbonyl (C=O) groups is 1. The Kier molecular flexibility index (Phi) is 7.28. The number of hydrogen-bond donors (Lipinski definition) is 2. The molecule has 2 aromatic carbocycles. The van der Waals surface area contributed by atoms with Gasteiger partial charge in [0.1, 0.15) is 0 Å². The van der Waals surface area contributed by atoms with E-state index in [1.165, 1.54) is 0 Å². The first-order valence-electron chi connectivity index (χ1n) is 10.3. The molecule has 0 bridgehead atoms. The number of carbonyl (C=O) groups excluding carboxylic acids is 1. The standard InChI is InChI=1S/C25H29Cl2NO2/c1-4-12-25(3)15-21(18-6-5-7-20(27)14-18)23(28-24(25)30)16(2)13-22(29)17-8-10-19(26)11-9-17/h4-11,14,16,21-23,29H,1,12-13,15H2,2-3H3,(H,28,30)/t16?,21-,22-,23+,25+/m1/s1. The van der Waals surface area contributed by atoms with Crippen molar-refractivity contribution in [1.82, 2.24) is 5.32 Å². The zero-order valence-corrected chi connectivity index (χ0v) is 19.0.